The fourth-order valence-electron chi connectivity index (χ4n) is 3.49. The zero-order valence-corrected chi connectivity index (χ0v) is 16.7. The molecule has 0 aromatic carbocycles. The number of rotatable bonds is 4. The number of nitrogens with zero attached hydrogens (tertiary/aromatic N) is 6. The van der Waals surface area contributed by atoms with Gasteiger partial charge in [0.25, 0.3) is 5.91 Å². The quantitative estimate of drug-likeness (QED) is 0.752. The first-order chi connectivity index (χ1) is 13.4. The molecule has 0 bridgehead atoms. The molecule has 1 amide bonds. The number of carbonyl (C=O) groups is 1. The molecule has 0 aliphatic carbocycles. The van der Waals surface area contributed by atoms with Crippen LogP contribution in [0.1, 0.15) is 35.6 Å². The molecule has 4 heterocycles. The maximum atomic E-state index is 12.9. The summed E-state index contributed by atoms with van der Waals surface area (Å²) in [5.41, 5.74) is 3.57. The lowest BCUT2D eigenvalue weighted by Crippen LogP contribution is -2.38. The minimum atomic E-state index is 0.0324. The molecular formula is C20H25N7O. The maximum Gasteiger partial charge on any atom is 0.270 e. The molecule has 3 aromatic rings. The Labute approximate surface area is 164 Å². The summed E-state index contributed by atoms with van der Waals surface area (Å²) in [6.45, 7) is 5.30. The van der Waals surface area contributed by atoms with Gasteiger partial charge < -0.3 is 14.8 Å². The molecule has 1 aliphatic heterocycles. The summed E-state index contributed by atoms with van der Waals surface area (Å²) < 4.78 is 3.60. The van der Waals surface area contributed by atoms with E-state index in [0.29, 0.717) is 31.0 Å². The highest BCUT2D eigenvalue weighted by Gasteiger charge is 2.27. The van der Waals surface area contributed by atoms with Gasteiger partial charge in [0, 0.05) is 51.1 Å². The molecule has 28 heavy (non-hydrogen) atoms. The van der Waals surface area contributed by atoms with Crippen molar-refractivity contribution in [3.8, 4) is 11.4 Å². The highest BCUT2D eigenvalue weighted by Crippen LogP contribution is 2.28. The van der Waals surface area contributed by atoms with Crippen molar-refractivity contribution in [1.29, 1.82) is 0 Å². The topological polar surface area (TPSA) is 80.9 Å². The maximum absolute atomic E-state index is 12.9. The molecule has 0 saturated carbocycles. The summed E-state index contributed by atoms with van der Waals surface area (Å²) >= 11 is 0. The predicted molar refractivity (Wildman–Crippen MR) is 107 cm³/mol. The first-order valence-corrected chi connectivity index (χ1v) is 9.48. The normalized spacial score (nSPS) is 13.7. The van der Waals surface area contributed by atoms with E-state index in [1.165, 1.54) is 0 Å². The van der Waals surface area contributed by atoms with Crippen molar-refractivity contribution >= 4 is 11.7 Å². The number of hydrogen-bond donors (Lipinski definition) is 1. The van der Waals surface area contributed by atoms with Crippen molar-refractivity contribution in [3.05, 3.63) is 47.7 Å². The van der Waals surface area contributed by atoms with E-state index in [4.69, 9.17) is 9.97 Å². The van der Waals surface area contributed by atoms with Crippen molar-refractivity contribution in [2.24, 2.45) is 14.1 Å². The van der Waals surface area contributed by atoms with Gasteiger partial charge >= 0.3 is 0 Å². The molecule has 3 aromatic heterocycles. The van der Waals surface area contributed by atoms with Crippen LogP contribution in [0.2, 0.25) is 0 Å². The first kappa shape index (κ1) is 18.2. The van der Waals surface area contributed by atoms with E-state index in [1.54, 1.807) is 10.9 Å². The standard InChI is InChI=1S/C20H25N7O/c1-13(2)22-19-15-12-27(20(28)17-6-5-8-25(17)3)9-7-16(15)23-18(24-19)14-10-21-26(4)11-14/h5-6,8,10-11,13H,7,9,12H2,1-4H3,(H,22,23,24). The Morgan fingerprint density at radius 1 is 1.25 bits per heavy atom. The van der Waals surface area contributed by atoms with Crippen molar-refractivity contribution in [2.75, 3.05) is 11.9 Å². The van der Waals surface area contributed by atoms with Crippen LogP contribution in [0.25, 0.3) is 11.4 Å². The number of anilines is 1. The number of hydrogen-bond acceptors (Lipinski definition) is 5. The Kier molecular flexibility index (Phi) is 4.62. The van der Waals surface area contributed by atoms with Crippen LogP contribution in [-0.2, 0) is 27.1 Å². The van der Waals surface area contributed by atoms with Gasteiger partial charge in [0.2, 0.25) is 0 Å². The Bertz CT molecular complexity index is 1020. The minimum Gasteiger partial charge on any atom is -0.367 e. The summed E-state index contributed by atoms with van der Waals surface area (Å²) in [5, 5.41) is 7.66. The number of carbonyl (C=O) groups excluding carboxylic acids is 1. The van der Waals surface area contributed by atoms with Gasteiger partial charge in [-0.3, -0.25) is 9.48 Å². The van der Waals surface area contributed by atoms with E-state index in [0.717, 1.165) is 22.6 Å². The summed E-state index contributed by atoms with van der Waals surface area (Å²) in [6.07, 6.45) is 6.28. The van der Waals surface area contributed by atoms with Crippen LogP contribution in [0, 0.1) is 0 Å². The van der Waals surface area contributed by atoms with E-state index in [9.17, 15) is 4.79 Å². The molecule has 1 aliphatic rings. The van der Waals surface area contributed by atoms with Crippen LogP contribution < -0.4 is 5.32 Å². The van der Waals surface area contributed by atoms with Gasteiger partial charge in [0.1, 0.15) is 11.5 Å². The molecule has 0 atom stereocenters. The lowest BCUT2D eigenvalue weighted by Gasteiger charge is -2.30. The molecule has 0 saturated heterocycles. The summed E-state index contributed by atoms with van der Waals surface area (Å²) in [7, 11) is 3.77. The van der Waals surface area contributed by atoms with Gasteiger partial charge in [-0.15, -0.1) is 0 Å². The van der Waals surface area contributed by atoms with Crippen molar-refractivity contribution in [3.63, 3.8) is 0 Å². The van der Waals surface area contributed by atoms with Crippen LogP contribution in [0.3, 0.4) is 0 Å². The molecule has 1 N–H and O–H groups in total. The number of fused-ring (bicyclic) bond motifs is 1. The van der Waals surface area contributed by atoms with Crippen LogP contribution >= 0.6 is 0 Å². The number of nitrogens with one attached hydrogen (secondary N) is 1. The number of aryl methyl sites for hydroxylation is 2. The number of aromatic nitrogens is 5. The molecular weight excluding hydrogens is 354 g/mol. The van der Waals surface area contributed by atoms with Gasteiger partial charge in [-0.05, 0) is 26.0 Å². The fraction of sp³-hybridized carbons (Fsp3) is 0.400. The Hall–Kier alpha value is -3.16. The average Bonchev–Trinajstić information content (AvgIpc) is 3.28. The molecule has 0 radical (unpaired) electrons. The summed E-state index contributed by atoms with van der Waals surface area (Å²) in [6, 6.07) is 3.97. The Morgan fingerprint density at radius 3 is 2.71 bits per heavy atom. The molecule has 8 heteroatoms. The highest BCUT2D eigenvalue weighted by molar-refractivity contribution is 5.93. The molecule has 0 fully saturated rings. The van der Waals surface area contributed by atoms with Crippen molar-refractivity contribution in [1.82, 2.24) is 29.2 Å². The zero-order chi connectivity index (χ0) is 19.8. The Morgan fingerprint density at radius 2 is 2.07 bits per heavy atom. The van der Waals surface area contributed by atoms with Gasteiger partial charge in [-0.2, -0.15) is 5.10 Å². The molecule has 0 spiro atoms. The second-order valence-electron chi connectivity index (χ2n) is 7.50. The first-order valence-electron chi connectivity index (χ1n) is 9.48. The van der Waals surface area contributed by atoms with Crippen LogP contribution in [0.4, 0.5) is 5.82 Å². The van der Waals surface area contributed by atoms with E-state index < -0.39 is 0 Å². The van der Waals surface area contributed by atoms with Crippen molar-refractivity contribution in [2.45, 2.75) is 32.9 Å². The second kappa shape index (κ2) is 7.10. The van der Waals surface area contributed by atoms with Gasteiger partial charge in [0.15, 0.2) is 5.82 Å². The van der Waals surface area contributed by atoms with E-state index >= 15 is 0 Å². The largest absolute Gasteiger partial charge is 0.367 e. The average molecular weight is 379 g/mol. The fourth-order valence-corrected chi connectivity index (χ4v) is 3.49. The highest BCUT2D eigenvalue weighted by atomic mass is 16.2. The third-order valence-electron chi connectivity index (χ3n) is 4.90. The smallest absolute Gasteiger partial charge is 0.270 e. The lowest BCUT2D eigenvalue weighted by molar-refractivity contribution is 0.0724. The molecule has 146 valence electrons. The van der Waals surface area contributed by atoms with E-state index in [2.05, 4.69) is 24.3 Å². The van der Waals surface area contributed by atoms with Crippen LogP contribution in [0.15, 0.2) is 30.7 Å². The predicted octanol–water partition coefficient (Wildman–Crippen LogP) is 2.23. The monoisotopic (exact) mass is 379 g/mol. The summed E-state index contributed by atoms with van der Waals surface area (Å²) in [4.78, 5) is 24.4. The zero-order valence-electron chi connectivity index (χ0n) is 16.7. The van der Waals surface area contributed by atoms with E-state index in [-0.39, 0.29) is 11.9 Å². The second-order valence-corrected chi connectivity index (χ2v) is 7.50. The molecule has 8 nitrogen and oxygen atoms in total. The third kappa shape index (κ3) is 3.37. The third-order valence-corrected chi connectivity index (χ3v) is 4.90. The van der Waals surface area contributed by atoms with Crippen LogP contribution in [0.5, 0.6) is 0 Å². The van der Waals surface area contributed by atoms with Gasteiger partial charge in [0.05, 0.1) is 24.0 Å². The lowest BCUT2D eigenvalue weighted by atomic mass is 10.0. The van der Waals surface area contributed by atoms with Gasteiger partial charge in [-0.25, -0.2) is 9.97 Å². The molecule has 0 unspecified atom stereocenters. The Balaban J connectivity index is 1.70. The van der Waals surface area contributed by atoms with E-state index in [1.807, 2.05) is 48.1 Å². The minimum absolute atomic E-state index is 0.0324. The van der Waals surface area contributed by atoms with Crippen molar-refractivity contribution < 1.29 is 4.79 Å². The molecule has 4 rings (SSSR count). The number of amides is 1. The van der Waals surface area contributed by atoms with Crippen LogP contribution in [-0.4, -0.2) is 47.7 Å². The summed E-state index contributed by atoms with van der Waals surface area (Å²) in [5.74, 6) is 1.49. The van der Waals surface area contributed by atoms with Gasteiger partial charge in [-0.1, -0.05) is 0 Å². The SMILES string of the molecule is CC(C)Nc1nc(-c2cnn(C)c2)nc2c1CN(C(=O)c1cccn1C)CC2.